The number of carbonyl (C=O) groups is 1. The van der Waals surface area contributed by atoms with Crippen molar-refractivity contribution in [1.29, 1.82) is 5.26 Å². The van der Waals surface area contributed by atoms with Crippen molar-refractivity contribution in [2.24, 2.45) is 30.7 Å². The number of aromatic hydroxyl groups is 1. The van der Waals surface area contributed by atoms with Crippen molar-refractivity contribution in [2.75, 3.05) is 29.2 Å². The Balaban J connectivity index is 0.00000127. The Labute approximate surface area is 475 Å². The summed E-state index contributed by atoms with van der Waals surface area (Å²) in [6, 6.07) is 21.6. The van der Waals surface area contributed by atoms with E-state index in [-0.39, 0.29) is 86.2 Å². The normalized spacial score (nSPS) is 12.0. The number of pyridine rings is 1. The lowest BCUT2D eigenvalue weighted by molar-refractivity contribution is -0.114. The number of nitrogens with one attached hydrogen (secondary N) is 1. The third kappa shape index (κ3) is 16.7. The minimum Gasteiger partial charge on any atom is -0.493 e. The van der Waals surface area contributed by atoms with Crippen molar-refractivity contribution < 1.29 is 78.8 Å². The zero-order chi connectivity index (χ0) is 60.4. The van der Waals surface area contributed by atoms with Crippen LogP contribution in [0.2, 0.25) is 0 Å². The van der Waals surface area contributed by atoms with Gasteiger partial charge in [0.1, 0.15) is 33.5 Å². The Bertz CT molecular complexity index is 4570. The average molecular weight is 1260 g/mol. The second-order valence-electron chi connectivity index (χ2n) is 16.9. The van der Waals surface area contributed by atoms with Crippen LogP contribution in [0.3, 0.4) is 0 Å². The fourth-order valence-electron chi connectivity index (χ4n) is 7.57. The van der Waals surface area contributed by atoms with Crippen LogP contribution < -0.4 is 10.1 Å². The fraction of sp³-hybridized carbons (Fsp3) is 0.217. The Morgan fingerprint density at radius 2 is 1.37 bits per heavy atom. The van der Waals surface area contributed by atoms with E-state index < -0.39 is 69.0 Å². The van der Waals surface area contributed by atoms with E-state index in [9.17, 15) is 54.1 Å². The number of thioether (sulfide) groups is 1. The number of aromatic nitrogens is 3. The lowest BCUT2D eigenvalue weighted by Crippen LogP contribution is -2.08. The Kier molecular flexibility index (Phi) is 20.5. The van der Waals surface area contributed by atoms with Crippen LogP contribution in [0.25, 0.3) is 37.7 Å². The maximum Gasteiger partial charge on any atom is 0.425 e. The van der Waals surface area contributed by atoms with E-state index in [4.69, 9.17) is 30.0 Å². The molecule has 8 aromatic rings. The first-order chi connectivity index (χ1) is 38.4. The molecule has 5 aromatic carbocycles. The Morgan fingerprint density at radius 3 is 2.00 bits per heavy atom. The standard InChI is InChI=1S/C46H41N11O12S5.2O3S/c1-24-17-35(53-55-41-26(3)31(23-47)44-49-32-12-11-29(48-27(4)58)20-37(32)57(44)45(41)59)38(69-13-7-15-72(60,61)62)21-33(24)51-54-36-18-25(2)34(22-39(36)70-14-8-16-73(63,64)65)52-56-46-50-42-40(74(66,67)68)19-28-9-5-6-10-30(28)43(42)71-46;2*1-4(2)3/h5-6,9-12,17-22,59H,7-8,13-16H2,1-4H3,(H,48,58)(H,60,61,62)(H,63,64,65)(H,66,67,68);;. The summed E-state index contributed by atoms with van der Waals surface area (Å²) in [6.45, 7) is 6.09. The SMILES string of the molecule is CC(=O)Nc1ccc2nc3c(C#N)c(C)c(N=Nc4cc(C)c(N=Nc5cc(C)c(N=Nc6nc7c(S(=O)(=O)O)cc8ccccc8c7s6)cc5SCCCS(=O)(=O)O)cc4OCCCS(=O)(=O)O)c(O)n3c2c1.O=S(=O)=O.O=S(=O)=O. The van der Waals surface area contributed by atoms with E-state index in [1.165, 1.54) is 35.2 Å². The number of thiazole rings is 1. The third-order valence-electron chi connectivity index (χ3n) is 11.0. The number of imidazole rings is 1. The molecule has 0 fully saturated rings. The summed E-state index contributed by atoms with van der Waals surface area (Å²) in [4.78, 5) is 20.8. The highest BCUT2D eigenvalue weighted by Gasteiger charge is 2.23. The van der Waals surface area contributed by atoms with Crippen LogP contribution in [0.4, 0.5) is 39.3 Å². The Hall–Kier alpha value is -8.12. The molecule has 430 valence electrons. The van der Waals surface area contributed by atoms with Crippen LogP contribution in [-0.2, 0) is 56.4 Å². The van der Waals surface area contributed by atoms with E-state index in [2.05, 4.69) is 52.0 Å². The predicted octanol–water partition coefficient (Wildman–Crippen LogP) is 9.22. The molecule has 0 unspecified atom stereocenters. The van der Waals surface area contributed by atoms with Crippen LogP contribution >= 0.6 is 23.1 Å². The largest absolute Gasteiger partial charge is 0.493 e. The van der Waals surface area contributed by atoms with Gasteiger partial charge in [-0.2, -0.15) is 35.6 Å². The summed E-state index contributed by atoms with van der Waals surface area (Å²) in [5.74, 6) is -1.62. The van der Waals surface area contributed by atoms with Gasteiger partial charge in [0.2, 0.25) is 16.9 Å². The third-order valence-corrected chi connectivity index (χ3v) is 15.6. The molecule has 82 heavy (non-hydrogen) atoms. The topological polar surface area (TPSA) is 452 Å². The van der Waals surface area contributed by atoms with Gasteiger partial charge in [-0.25, -0.2) is 9.97 Å². The summed E-state index contributed by atoms with van der Waals surface area (Å²) < 4.78 is 158. The highest BCUT2D eigenvalue weighted by atomic mass is 32.2. The van der Waals surface area contributed by atoms with Gasteiger partial charge < -0.3 is 15.2 Å². The highest BCUT2D eigenvalue weighted by Crippen LogP contribution is 2.44. The number of aryl methyl sites for hydroxylation is 2. The van der Waals surface area contributed by atoms with Crippen molar-refractivity contribution in [2.45, 2.75) is 50.3 Å². The number of hydrogen-bond acceptors (Lipinski definition) is 26. The van der Waals surface area contributed by atoms with Crippen molar-refractivity contribution in [1.82, 2.24) is 14.4 Å². The molecule has 3 heterocycles. The summed E-state index contributed by atoms with van der Waals surface area (Å²) in [5.41, 5.74) is 3.59. The van der Waals surface area contributed by atoms with Gasteiger partial charge in [0.05, 0.1) is 50.9 Å². The molecule has 0 aliphatic carbocycles. The molecular formula is C46H41N11O18S7. The zero-order valence-electron chi connectivity index (χ0n) is 42.5. The number of nitriles is 1. The molecule has 0 aliphatic heterocycles. The van der Waals surface area contributed by atoms with Crippen LogP contribution in [0, 0.1) is 32.1 Å². The van der Waals surface area contributed by atoms with Crippen LogP contribution in [0.5, 0.6) is 11.6 Å². The molecule has 5 N–H and O–H groups in total. The molecule has 0 radical (unpaired) electrons. The van der Waals surface area contributed by atoms with Gasteiger partial charge in [0, 0.05) is 34.5 Å². The monoisotopic (exact) mass is 1260 g/mol. The first-order valence-corrected chi connectivity index (χ1v) is 31.3. The molecular weight excluding hydrogens is 1220 g/mol. The molecule has 36 heteroatoms. The predicted molar refractivity (Wildman–Crippen MR) is 298 cm³/mol. The molecule has 1 amide bonds. The number of hydrogen-bond donors (Lipinski definition) is 5. The molecule has 0 bridgehead atoms. The number of azo groups is 3. The minimum atomic E-state index is -4.66. The number of carbonyl (C=O) groups excluding carboxylic acids is 1. The van der Waals surface area contributed by atoms with E-state index in [0.29, 0.717) is 59.6 Å². The van der Waals surface area contributed by atoms with E-state index >= 15 is 0 Å². The fourth-order valence-corrected chi connectivity index (χ4v) is 11.4. The second kappa shape index (κ2) is 26.6. The molecule has 8 rings (SSSR count). The zero-order valence-corrected chi connectivity index (χ0v) is 48.2. The number of rotatable bonds is 18. The number of nitrogens with zero attached hydrogens (tertiary/aromatic N) is 10. The van der Waals surface area contributed by atoms with E-state index in [1.807, 2.05) is 0 Å². The molecule has 0 aliphatic rings. The summed E-state index contributed by atoms with van der Waals surface area (Å²) in [7, 11) is -19.5. The molecule has 3 aromatic heterocycles. The lowest BCUT2D eigenvalue weighted by Gasteiger charge is -2.12. The maximum absolute atomic E-state index is 12.4. The number of benzene rings is 5. The van der Waals surface area contributed by atoms with Crippen LogP contribution in [-0.4, -0.2) is 113 Å². The first-order valence-electron chi connectivity index (χ1n) is 22.8. The minimum absolute atomic E-state index is 0.0238. The molecule has 0 atom stereocenters. The van der Waals surface area contributed by atoms with Gasteiger partial charge >= 0.3 is 21.2 Å². The number of fused-ring (bicyclic) bond motifs is 6. The molecule has 0 spiro atoms. The molecule has 29 nitrogen and oxygen atoms in total. The van der Waals surface area contributed by atoms with Crippen LogP contribution in [0.15, 0.2) is 113 Å². The quantitative estimate of drug-likeness (QED) is 0.0231. The van der Waals surface area contributed by atoms with Gasteiger partial charge in [0.15, 0.2) is 11.3 Å². The van der Waals surface area contributed by atoms with Gasteiger partial charge in [0.25, 0.3) is 30.4 Å². The molecule has 0 saturated heterocycles. The second-order valence-corrected chi connectivity index (χ2v) is 24.3. The van der Waals surface area contributed by atoms with E-state index in [0.717, 1.165) is 11.3 Å². The highest BCUT2D eigenvalue weighted by molar-refractivity contribution is 7.99. The summed E-state index contributed by atoms with van der Waals surface area (Å²) in [6.07, 6.45) is -0.0611. The van der Waals surface area contributed by atoms with Gasteiger partial charge in [-0.1, -0.05) is 35.6 Å². The van der Waals surface area contributed by atoms with Crippen LogP contribution in [0.1, 0.15) is 42.0 Å². The van der Waals surface area contributed by atoms with Crippen molar-refractivity contribution in [3.05, 3.63) is 95.1 Å². The van der Waals surface area contributed by atoms with Gasteiger partial charge in [-0.05, 0) is 98.3 Å². The number of amides is 1. The Morgan fingerprint density at radius 1 is 0.768 bits per heavy atom. The number of ether oxygens (including phenoxy) is 1. The first kappa shape index (κ1) is 63.1. The van der Waals surface area contributed by atoms with E-state index in [1.54, 1.807) is 81.4 Å². The summed E-state index contributed by atoms with van der Waals surface area (Å²) >= 11 is 2.26. The molecule has 0 saturated carbocycles. The maximum atomic E-state index is 12.4. The number of anilines is 1. The van der Waals surface area contributed by atoms with Gasteiger partial charge in [-0.3, -0.25) is 22.9 Å². The van der Waals surface area contributed by atoms with Crippen molar-refractivity contribution in [3.8, 4) is 17.7 Å². The van der Waals surface area contributed by atoms with Gasteiger partial charge in [-0.15, -0.1) is 62.6 Å². The smallest absolute Gasteiger partial charge is 0.425 e. The van der Waals surface area contributed by atoms with Crippen molar-refractivity contribution in [3.63, 3.8) is 0 Å². The lowest BCUT2D eigenvalue weighted by atomic mass is 10.1. The average Bonchev–Trinajstić information content (AvgIpc) is 3.81. The summed E-state index contributed by atoms with van der Waals surface area (Å²) in [5, 5.41) is 52.5. The van der Waals surface area contributed by atoms with Crippen molar-refractivity contribution >= 4 is 158 Å².